The highest BCUT2D eigenvalue weighted by Gasteiger charge is 2.33. The summed E-state index contributed by atoms with van der Waals surface area (Å²) < 4.78 is 28.2. The molecule has 5 nitrogen and oxygen atoms in total. The highest BCUT2D eigenvalue weighted by molar-refractivity contribution is 7.92. The summed E-state index contributed by atoms with van der Waals surface area (Å²) in [5.41, 5.74) is 0. The van der Waals surface area contributed by atoms with Crippen LogP contribution in [0, 0.1) is 0 Å². The van der Waals surface area contributed by atoms with Crippen molar-refractivity contribution in [2.45, 2.75) is 31.3 Å². The fourth-order valence-electron chi connectivity index (χ4n) is 1.75. The second-order valence-electron chi connectivity index (χ2n) is 4.44. The van der Waals surface area contributed by atoms with Crippen LogP contribution in [0.15, 0.2) is 0 Å². The summed E-state index contributed by atoms with van der Waals surface area (Å²) in [6.45, 7) is 4.01. The predicted molar refractivity (Wildman–Crippen MR) is 65.9 cm³/mol. The van der Waals surface area contributed by atoms with E-state index in [2.05, 4.69) is 0 Å². The van der Waals surface area contributed by atoms with Gasteiger partial charge in [0.15, 0.2) is 9.84 Å². The molecule has 0 aliphatic carbocycles. The van der Waals surface area contributed by atoms with E-state index in [9.17, 15) is 13.2 Å². The van der Waals surface area contributed by atoms with Gasteiger partial charge in [-0.05, 0) is 13.8 Å². The molecular weight excluding hydrogens is 266 g/mol. The molecule has 0 spiro atoms. The Kier molecular flexibility index (Phi) is 4.80. The third-order valence-electron chi connectivity index (χ3n) is 2.80. The van der Waals surface area contributed by atoms with Crippen molar-refractivity contribution in [2.24, 2.45) is 0 Å². The van der Waals surface area contributed by atoms with Crippen LogP contribution in [0.4, 0.5) is 0 Å². The van der Waals surface area contributed by atoms with Crippen LogP contribution < -0.4 is 0 Å². The SMILES string of the molecule is CC1CN(C(=O)C(C)S(C)(=O)=O)CC(CCl)O1. The third-order valence-corrected chi connectivity index (χ3v) is 4.63. The largest absolute Gasteiger partial charge is 0.370 e. The molecule has 0 aromatic rings. The first-order valence-corrected chi connectivity index (χ1v) is 7.93. The maximum atomic E-state index is 12.0. The van der Waals surface area contributed by atoms with Gasteiger partial charge in [-0.15, -0.1) is 11.6 Å². The van der Waals surface area contributed by atoms with Gasteiger partial charge in [0.05, 0.1) is 18.1 Å². The van der Waals surface area contributed by atoms with E-state index in [0.717, 1.165) is 6.26 Å². The van der Waals surface area contributed by atoms with Crippen molar-refractivity contribution in [2.75, 3.05) is 25.2 Å². The quantitative estimate of drug-likeness (QED) is 0.698. The Morgan fingerprint density at radius 1 is 1.53 bits per heavy atom. The number of carbonyl (C=O) groups excluding carboxylic acids is 1. The van der Waals surface area contributed by atoms with E-state index in [4.69, 9.17) is 16.3 Å². The average molecular weight is 284 g/mol. The minimum Gasteiger partial charge on any atom is -0.370 e. The van der Waals surface area contributed by atoms with Crippen molar-refractivity contribution in [1.29, 1.82) is 0 Å². The molecule has 0 aromatic carbocycles. The predicted octanol–water partition coefficient (Wildman–Crippen LogP) is 0.274. The van der Waals surface area contributed by atoms with E-state index in [-0.39, 0.29) is 18.1 Å². The smallest absolute Gasteiger partial charge is 0.240 e. The Balaban J connectivity index is 2.75. The summed E-state index contributed by atoms with van der Waals surface area (Å²) in [5, 5.41) is -1.01. The number of rotatable bonds is 3. The van der Waals surface area contributed by atoms with Gasteiger partial charge in [-0.1, -0.05) is 0 Å². The second-order valence-corrected chi connectivity index (χ2v) is 7.11. The topological polar surface area (TPSA) is 63.7 Å². The number of sulfone groups is 1. The highest BCUT2D eigenvalue weighted by Crippen LogP contribution is 2.15. The number of amides is 1. The van der Waals surface area contributed by atoms with Gasteiger partial charge < -0.3 is 9.64 Å². The second kappa shape index (κ2) is 5.54. The van der Waals surface area contributed by atoms with Crippen LogP contribution in [0.5, 0.6) is 0 Å². The lowest BCUT2D eigenvalue weighted by atomic mass is 10.2. The summed E-state index contributed by atoms with van der Waals surface area (Å²) >= 11 is 5.70. The van der Waals surface area contributed by atoms with Gasteiger partial charge in [0.1, 0.15) is 5.25 Å². The molecule has 0 saturated carbocycles. The zero-order valence-corrected chi connectivity index (χ0v) is 11.8. The molecule has 0 N–H and O–H groups in total. The van der Waals surface area contributed by atoms with Crippen LogP contribution in [0.1, 0.15) is 13.8 Å². The van der Waals surface area contributed by atoms with Crippen LogP contribution in [-0.4, -0.2) is 61.9 Å². The Bertz CT molecular complexity index is 384. The van der Waals surface area contributed by atoms with Crippen molar-refractivity contribution in [3.63, 3.8) is 0 Å². The normalized spacial score (nSPS) is 27.9. The minimum absolute atomic E-state index is 0.122. The zero-order chi connectivity index (χ0) is 13.2. The van der Waals surface area contributed by atoms with Crippen molar-refractivity contribution < 1.29 is 17.9 Å². The van der Waals surface area contributed by atoms with Crippen molar-refractivity contribution in [3.8, 4) is 0 Å². The molecule has 1 rings (SSSR count). The van der Waals surface area contributed by atoms with E-state index in [1.807, 2.05) is 6.92 Å². The van der Waals surface area contributed by atoms with Gasteiger partial charge in [0, 0.05) is 19.3 Å². The molecule has 7 heteroatoms. The Labute approximate surface area is 107 Å². The van der Waals surface area contributed by atoms with E-state index in [1.165, 1.54) is 11.8 Å². The molecule has 0 radical (unpaired) electrons. The first-order chi connectivity index (χ1) is 7.75. The van der Waals surface area contributed by atoms with Gasteiger partial charge in [-0.2, -0.15) is 0 Å². The van der Waals surface area contributed by atoms with Crippen molar-refractivity contribution in [1.82, 2.24) is 4.90 Å². The highest BCUT2D eigenvalue weighted by atomic mass is 35.5. The Morgan fingerprint density at radius 3 is 2.59 bits per heavy atom. The number of halogens is 1. The molecule has 17 heavy (non-hydrogen) atoms. The maximum absolute atomic E-state index is 12.0. The average Bonchev–Trinajstić information content (AvgIpc) is 2.24. The molecule has 1 fully saturated rings. The molecule has 1 amide bonds. The molecule has 0 bridgehead atoms. The number of nitrogens with zero attached hydrogens (tertiary/aromatic N) is 1. The van der Waals surface area contributed by atoms with Gasteiger partial charge >= 0.3 is 0 Å². The number of carbonyl (C=O) groups is 1. The number of ether oxygens (including phenoxy) is 1. The lowest BCUT2D eigenvalue weighted by Crippen LogP contribution is -2.53. The Morgan fingerprint density at radius 2 is 2.12 bits per heavy atom. The number of morpholine rings is 1. The van der Waals surface area contributed by atoms with Crippen molar-refractivity contribution in [3.05, 3.63) is 0 Å². The lowest BCUT2D eigenvalue weighted by molar-refractivity contribution is -0.142. The number of hydrogen-bond donors (Lipinski definition) is 0. The van der Waals surface area contributed by atoms with E-state index < -0.39 is 15.1 Å². The lowest BCUT2D eigenvalue weighted by Gasteiger charge is -2.37. The Hall–Kier alpha value is -0.330. The minimum atomic E-state index is -3.36. The van der Waals surface area contributed by atoms with E-state index in [1.54, 1.807) is 0 Å². The fourth-order valence-corrected chi connectivity index (χ4v) is 2.44. The molecule has 3 unspecified atom stereocenters. The summed E-state index contributed by atoms with van der Waals surface area (Å²) in [5.74, 6) is -0.0840. The first-order valence-electron chi connectivity index (χ1n) is 5.44. The molecule has 3 atom stereocenters. The molecule has 100 valence electrons. The summed E-state index contributed by atoms with van der Waals surface area (Å²) in [4.78, 5) is 13.5. The van der Waals surface area contributed by atoms with Crippen LogP contribution >= 0.6 is 11.6 Å². The van der Waals surface area contributed by atoms with E-state index in [0.29, 0.717) is 19.0 Å². The van der Waals surface area contributed by atoms with Crippen LogP contribution in [0.2, 0.25) is 0 Å². The summed E-state index contributed by atoms with van der Waals surface area (Å²) in [6, 6.07) is 0. The molecular formula is C10H18ClNO4S. The van der Waals surface area contributed by atoms with Gasteiger partial charge in [0.25, 0.3) is 0 Å². The van der Waals surface area contributed by atoms with Crippen molar-refractivity contribution >= 4 is 27.3 Å². The molecule has 1 heterocycles. The van der Waals surface area contributed by atoms with Gasteiger partial charge in [-0.25, -0.2) is 8.42 Å². The molecule has 1 aliphatic rings. The van der Waals surface area contributed by atoms with E-state index >= 15 is 0 Å². The van der Waals surface area contributed by atoms with Gasteiger partial charge in [-0.3, -0.25) is 4.79 Å². The number of hydrogen-bond acceptors (Lipinski definition) is 4. The third kappa shape index (κ3) is 3.82. The maximum Gasteiger partial charge on any atom is 0.240 e. The molecule has 1 saturated heterocycles. The molecule has 0 aromatic heterocycles. The van der Waals surface area contributed by atoms with Crippen LogP contribution in [-0.2, 0) is 19.4 Å². The molecule has 1 aliphatic heterocycles. The summed E-state index contributed by atoms with van der Waals surface area (Å²) in [7, 11) is -3.36. The standard InChI is InChI=1S/C10H18ClNO4S/c1-7-5-12(6-9(4-11)16-7)10(13)8(2)17(3,14)15/h7-9H,4-6H2,1-3H3. The van der Waals surface area contributed by atoms with Crippen LogP contribution in [0.3, 0.4) is 0 Å². The van der Waals surface area contributed by atoms with Crippen LogP contribution in [0.25, 0.3) is 0 Å². The monoisotopic (exact) mass is 283 g/mol. The first kappa shape index (κ1) is 14.7. The summed E-state index contributed by atoms with van der Waals surface area (Å²) in [6.07, 6.45) is 0.720. The number of alkyl halides is 1. The van der Waals surface area contributed by atoms with Gasteiger partial charge in [0.2, 0.25) is 5.91 Å². The fraction of sp³-hybridized carbons (Fsp3) is 0.900. The zero-order valence-electron chi connectivity index (χ0n) is 10.2.